The molecule has 0 fully saturated rings. The molecule has 0 spiro atoms. The van der Waals surface area contributed by atoms with E-state index in [0.717, 1.165) is 36.4 Å². The molecule has 4 rings (SSSR count). The molecule has 31 heavy (non-hydrogen) atoms. The van der Waals surface area contributed by atoms with Crippen molar-refractivity contribution in [3.8, 4) is 51.7 Å². The van der Waals surface area contributed by atoms with Crippen LogP contribution in [-0.2, 0) is 0 Å². The predicted molar refractivity (Wildman–Crippen MR) is 104 cm³/mol. The quantitative estimate of drug-likeness (QED) is 0.272. The average Bonchev–Trinajstić information content (AvgIpc) is 2.66. The summed E-state index contributed by atoms with van der Waals surface area (Å²) in [6.45, 7) is 0. The van der Waals surface area contributed by atoms with Crippen molar-refractivity contribution in [3.05, 3.63) is 53.1 Å². The zero-order chi connectivity index (χ0) is 22.6. The third-order valence-electron chi connectivity index (χ3n) is 5.17. The number of ether oxygens (including phenoxy) is 1. The summed E-state index contributed by atoms with van der Waals surface area (Å²) in [5.41, 5.74) is -0.297. The summed E-state index contributed by atoms with van der Waals surface area (Å²) in [4.78, 5) is 0. The molecule has 1 aliphatic heterocycles. The van der Waals surface area contributed by atoms with Crippen molar-refractivity contribution in [3.63, 3.8) is 0 Å². The molecule has 0 aliphatic carbocycles. The molecule has 3 atom stereocenters. The van der Waals surface area contributed by atoms with Crippen molar-refractivity contribution in [2.24, 2.45) is 0 Å². The topological polar surface area (TPSA) is 191 Å². The van der Waals surface area contributed by atoms with Crippen LogP contribution in [0.4, 0.5) is 0 Å². The fraction of sp³-hybridized carbons (Fsp3) is 0.143. The number of rotatable bonds is 2. The second-order valence-electron chi connectivity index (χ2n) is 7.19. The molecule has 0 radical (unpaired) electrons. The number of phenols is 8. The largest absolute Gasteiger partial charge is 0.508 e. The van der Waals surface area contributed by atoms with Crippen LogP contribution in [0.25, 0.3) is 0 Å². The smallest absolute Gasteiger partial charge is 0.200 e. The Morgan fingerprint density at radius 2 is 1.06 bits per heavy atom. The average molecular weight is 430 g/mol. The van der Waals surface area contributed by atoms with E-state index in [9.17, 15) is 46.0 Å². The molecule has 0 bridgehead atoms. The van der Waals surface area contributed by atoms with Crippen molar-refractivity contribution < 1.29 is 50.7 Å². The Bertz CT molecular complexity index is 1140. The number of aliphatic hydroxyl groups is 1. The van der Waals surface area contributed by atoms with E-state index in [1.807, 2.05) is 0 Å². The van der Waals surface area contributed by atoms with Crippen LogP contribution in [0, 0.1) is 0 Å². The minimum Gasteiger partial charge on any atom is -0.508 e. The Kier molecular flexibility index (Phi) is 4.51. The van der Waals surface area contributed by atoms with Crippen LogP contribution in [0.5, 0.6) is 51.7 Å². The van der Waals surface area contributed by atoms with Gasteiger partial charge in [0.1, 0.15) is 40.6 Å². The molecular formula is C21H18O10. The second kappa shape index (κ2) is 6.96. The van der Waals surface area contributed by atoms with Crippen molar-refractivity contribution in [1.29, 1.82) is 0 Å². The molecule has 3 aromatic rings. The molecular weight excluding hydrogens is 412 g/mol. The summed E-state index contributed by atoms with van der Waals surface area (Å²) in [7, 11) is 0. The van der Waals surface area contributed by atoms with Crippen LogP contribution in [0.3, 0.4) is 0 Å². The Labute approximate surface area is 174 Å². The zero-order valence-corrected chi connectivity index (χ0v) is 15.6. The molecule has 10 nitrogen and oxygen atoms in total. The lowest BCUT2D eigenvalue weighted by atomic mass is 9.79. The fourth-order valence-electron chi connectivity index (χ4n) is 3.86. The number of aliphatic hydroxyl groups excluding tert-OH is 1. The lowest BCUT2D eigenvalue weighted by Gasteiger charge is -2.38. The van der Waals surface area contributed by atoms with E-state index in [1.54, 1.807) is 0 Å². The molecule has 1 heterocycles. The predicted octanol–water partition coefficient (Wildman–Crippen LogP) is 1.96. The molecule has 0 saturated carbocycles. The molecule has 0 unspecified atom stereocenters. The molecule has 0 amide bonds. The summed E-state index contributed by atoms with van der Waals surface area (Å²) in [6, 6.07) is 6.04. The SMILES string of the molecule is Oc1cc(O)c([C@@H]2c3c(O)cc(O)cc3O[C@H](c3cc(O)c(O)c(O)c3)[C@@H]2O)c(O)c1. The molecule has 3 aromatic carbocycles. The molecule has 1 aliphatic rings. The van der Waals surface area contributed by atoms with E-state index in [1.165, 1.54) is 0 Å². The van der Waals surface area contributed by atoms with E-state index >= 15 is 0 Å². The summed E-state index contributed by atoms with van der Waals surface area (Å²) in [5, 5.41) is 91.1. The highest BCUT2D eigenvalue weighted by Gasteiger charge is 2.44. The molecule has 0 aromatic heterocycles. The van der Waals surface area contributed by atoms with Gasteiger partial charge in [-0.15, -0.1) is 0 Å². The number of hydrogen-bond acceptors (Lipinski definition) is 10. The number of benzene rings is 3. The van der Waals surface area contributed by atoms with Gasteiger partial charge in [-0.1, -0.05) is 0 Å². The van der Waals surface area contributed by atoms with Gasteiger partial charge in [0.2, 0.25) is 0 Å². The van der Waals surface area contributed by atoms with Gasteiger partial charge in [0.25, 0.3) is 0 Å². The lowest BCUT2D eigenvalue weighted by molar-refractivity contribution is 0.00634. The monoisotopic (exact) mass is 430 g/mol. The van der Waals surface area contributed by atoms with Crippen LogP contribution in [0.2, 0.25) is 0 Å². The van der Waals surface area contributed by atoms with E-state index in [2.05, 4.69) is 0 Å². The first-order chi connectivity index (χ1) is 14.6. The molecule has 0 saturated heterocycles. The Balaban J connectivity index is 1.96. The number of hydrogen-bond donors (Lipinski definition) is 9. The van der Waals surface area contributed by atoms with Crippen LogP contribution >= 0.6 is 0 Å². The summed E-state index contributed by atoms with van der Waals surface area (Å²) < 4.78 is 5.71. The summed E-state index contributed by atoms with van der Waals surface area (Å²) in [6.07, 6.45) is -2.96. The molecule has 10 heteroatoms. The van der Waals surface area contributed by atoms with Crippen LogP contribution in [0.1, 0.15) is 28.7 Å². The van der Waals surface area contributed by atoms with Crippen LogP contribution in [-0.4, -0.2) is 52.1 Å². The van der Waals surface area contributed by atoms with Gasteiger partial charge in [-0.05, 0) is 12.1 Å². The summed E-state index contributed by atoms with van der Waals surface area (Å²) in [5.74, 6) is -6.10. The highest BCUT2D eigenvalue weighted by Crippen LogP contribution is 2.54. The number of aromatic hydroxyl groups is 8. The minimum atomic E-state index is -1.62. The van der Waals surface area contributed by atoms with Crippen molar-refractivity contribution in [1.82, 2.24) is 0 Å². The third-order valence-corrected chi connectivity index (χ3v) is 5.17. The maximum absolute atomic E-state index is 11.1. The second-order valence-corrected chi connectivity index (χ2v) is 7.19. The standard InChI is InChI=1S/C21H18O10/c22-8-3-10(24)16(11(25)4-8)18-17-12(26)5-9(23)6-15(17)31-21(20(18)30)7-1-13(27)19(29)14(28)2-7/h1-6,18,20-30H/t18-,20-,21-/m1/s1. The van der Waals surface area contributed by atoms with Gasteiger partial charge in [-0.3, -0.25) is 0 Å². The van der Waals surface area contributed by atoms with Gasteiger partial charge >= 0.3 is 0 Å². The van der Waals surface area contributed by atoms with Crippen molar-refractivity contribution >= 4 is 0 Å². The Morgan fingerprint density at radius 1 is 0.581 bits per heavy atom. The maximum Gasteiger partial charge on any atom is 0.200 e. The normalized spacial score (nSPS) is 20.1. The summed E-state index contributed by atoms with van der Waals surface area (Å²) >= 11 is 0. The van der Waals surface area contributed by atoms with Crippen molar-refractivity contribution in [2.45, 2.75) is 18.1 Å². The van der Waals surface area contributed by atoms with E-state index < -0.39 is 58.4 Å². The van der Waals surface area contributed by atoms with Crippen molar-refractivity contribution in [2.75, 3.05) is 0 Å². The van der Waals surface area contributed by atoms with Gasteiger partial charge in [-0.2, -0.15) is 0 Å². The Morgan fingerprint density at radius 3 is 1.61 bits per heavy atom. The first-order valence-corrected chi connectivity index (χ1v) is 8.98. The first-order valence-electron chi connectivity index (χ1n) is 8.98. The first kappa shape index (κ1) is 20.1. The van der Waals surface area contributed by atoms with Gasteiger partial charge in [0, 0.05) is 41.0 Å². The highest BCUT2D eigenvalue weighted by atomic mass is 16.5. The zero-order valence-electron chi connectivity index (χ0n) is 15.6. The van der Waals surface area contributed by atoms with Gasteiger partial charge < -0.3 is 50.7 Å². The van der Waals surface area contributed by atoms with Gasteiger partial charge in [0.15, 0.2) is 23.4 Å². The lowest BCUT2D eigenvalue weighted by Crippen LogP contribution is -2.35. The van der Waals surface area contributed by atoms with Crippen LogP contribution < -0.4 is 4.74 Å². The minimum absolute atomic E-state index is 0.0107. The third kappa shape index (κ3) is 3.19. The van der Waals surface area contributed by atoms with E-state index in [-0.39, 0.29) is 28.2 Å². The number of fused-ring (bicyclic) bond motifs is 1. The van der Waals surface area contributed by atoms with Gasteiger partial charge in [-0.25, -0.2) is 0 Å². The van der Waals surface area contributed by atoms with Gasteiger partial charge in [0.05, 0.1) is 5.92 Å². The number of phenolic OH excluding ortho intramolecular Hbond substituents is 8. The maximum atomic E-state index is 11.1. The molecule has 9 N–H and O–H groups in total. The van der Waals surface area contributed by atoms with E-state index in [4.69, 9.17) is 4.74 Å². The fourth-order valence-corrected chi connectivity index (χ4v) is 3.86. The Hall–Kier alpha value is -4.18. The highest BCUT2D eigenvalue weighted by molar-refractivity contribution is 5.62. The van der Waals surface area contributed by atoms with Crippen LogP contribution in [0.15, 0.2) is 36.4 Å². The molecule has 162 valence electrons. The van der Waals surface area contributed by atoms with E-state index in [0.29, 0.717) is 0 Å².